The maximum atomic E-state index is 5.65. The smallest absolute Gasteiger partial charge is 0.119 e. The van der Waals surface area contributed by atoms with Crippen molar-refractivity contribution in [3.8, 4) is 11.5 Å². The van der Waals surface area contributed by atoms with Crippen molar-refractivity contribution in [3.05, 3.63) is 54.1 Å². The van der Waals surface area contributed by atoms with Gasteiger partial charge in [-0.3, -0.25) is 0 Å². The van der Waals surface area contributed by atoms with E-state index in [9.17, 15) is 0 Å². The summed E-state index contributed by atoms with van der Waals surface area (Å²) >= 11 is 0. The van der Waals surface area contributed by atoms with Crippen molar-refractivity contribution in [2.24, 2.45) is 0 Å². The summed E-state index contributed by atoms with van der Waals surface area (Å²) in [6, 6.07) is 16.1. The lowest BCUT2D eigenvalue weighted by molar-refractivity contribution is 0.110. The molecule has 0 aromatic heterocycles. The molecule has 4 heteroatoms. The molecule has 0 spiro atoms. The Morgan fingerprint density at radius 3 is 2.17 bits per heavy atom. The van der Waals surface area contributed by atoms with Crippen molar-refractivity contribution in [2.75, 3.05) is 25.1 Å². The van der Waals surface area contributed by atoms with Gasteiger partial charge in [-0.1, -0.05) is 12.1 Å². The third-order valence-corrected chi connectivity index (χ3v) is 3.35. The van der Waals surface area contributed by atoms with Crippen molar-refractivity contribution in [3.63, 3.8) is 0 Å². The predicted molar refractivity (Wildman–Crippen MR) is 98.0 cm³/mol. The molecule has 130 valence electrons. The Morgan fingerprint density at radius 1 is 0.875 bits per heavy atom. The fourth-order valence-corrected chi connectivity index (χ4v) is 2.19. The van der Waals surface area contributed by atoms with Gasteiger partial charge in [0.15, 0.2) is 0 Å². The Labute approximate surface area is 144 Å². The Hall–Kier alpha value is -2.20. The quantitative estimate of drug-likeness (QED) is 0.651. The lowest BCUT2D eigenvalue weighted by Gasteiger charge is -2.11. The number of hydrogen-bond acceptors (Lipinski definition) is 4. The first-order chi connectivity index (χ1) is 11.7. The van der Waals surface area contributed by atoms with E-state index in [1.165, 1.54) is 5.56 Å². The Balaban J connectivity index is 1.77. The molecular weight excluding hydrogens is 302 g/mol. The number of ether oxygens (including phenoxy) is 3. The maximum Gasteiger partial charge on any atom is 0.119 e. The molecule has 0 amide bonds. The Morgan fingerprint density at radius 2 is 1.54 bits per heavy atom. The summed E-state index contributed by atoms with van der Waals surface area (Å²) in [5.41, 5.74) is 2.28. The first kappa shape index (κ1) is 18.1. The van der Waals surface area contributed by atoms with Crippen LogP contribution in [-0.4, -0.2) is 25.9 Å². The van der Waals surface area contributed by atoms with Crippen LogP contribution >= 0.6 is 0 Å². The zero-order chi connectivity index (χ0) is 17.2. The second-order valence-corrected chi connectivity index (χ2v) is 5.73. The molecule has 0 bridgehead atoms. The number of rotatable bonds is 10. The minimum Gasteiger partial charge on any atom is -0.491 e. The molecule has 1 N–H and O–H groups in total. The lowest BCUT2D eigenvalue weighted by Crippen LogP contribution is -2.06. The van der Waals surface area contributed by atoms with Crippen LogP contribution in [0.15, 0.2) is 48.5 Å². The fourth-order valence-electron chi connectivity index (χ4n) is 2.19. The molecule has 0 aliphatic heterocycles. The predicted octanol–water partition coefficient (Wildman–Crippen LogP) is 4.50. The summed E-state index contributed by atoms with van der Waals surface area (Å²) < 4.78 is 16.5. The molecule has 0 aliphatic rings. The molecule has 2 aromatic rings. The van der Waals surface area contributed by atoms with E-state index in [2.05, 4.69) is 17.4 Å². The van der Waals surface area contributed by atoms with Crippen LogP contribution in [-0.2, 0) is 11.3 Å². The molecule has 0 saturated heterocycles. The molecule has 0 heterocycles. The molecule has 0 atom stereocenters. The topological polar surface area (TPSA) is 39.7 Å². The van der Waals surface area contributed by atoms with Gasteiger partial charge < -0.3 is 19.5 Å². The maximum absolute atomic E-state index is 5.65. The van der Waals surface area contributed by atoms with E-state index in [4.69, 9.17) is 14.2 Å². The SMILES string of the molecule is CCOCCOc1ccc(NCc2ccc(OC(C)C)cc2)cc1. The van der Waals surface area contributed by atoms with Gasteiger partial charge in [0.25, 0.3) is 0 Å². The third kappa shape index (κ3) is 6.50. The summed E-state index contributed by atoms with van der Waals surface area (Å²) in [5.74, 6) is 1.76. The van der Waals surface area contributed by atoms with Gasteiger partial charge in [0, 0.05) is 18.8 Å². The molecule has 24 heavy (non-hydrogen) atoms. The van der Waals surface area contributed by atoms with Crippen LogP contribution in [0.25, 0.3) is 0 Å². The van der Waals surface area contributed by atoms with E-state index in [1.54, 1.807) is 0 Å². The van der Waals surface area contributed by atoms with Gasteiger partial charge in [0.2, 0.25) is 0 Å². The number of benzene rings is 2. The second-order valence-electron chi connectivity index (χ2n) is 5.73. The van der Waals surface area contributed by atoms with E-state index in [0.29, 0.717) is 13.2 Å². The van der Waals surface area contributed by atoms with Gasteiger partial charge in [-0.05, 0) is 62.7 Å². The molecule has 0 unspecified atom stereocenters. The van der Waals surface area contributed by atoms with Gasteiger partial charge in [-0.25, -0.2) is 0 Å². The van der Waals surface area contributed by atoms with E-state index in [0.717, 1.165) is 30.3 Å². The summed E-state index contributed by atoms with van der Waals surface area (Å²) in [6.07, 6.45) is 0.197. The van der Waals surface area contributed by atoms with Crippen LogP contribution in [0.5, 0.6) is 11.5 Å². The number of nitrogens with one attached hydrogen (secondary N) is 1. The van der Waals surface area contributed by atoms with Crippen LogP contribution in [0.1, 0.15) is 26.3 Å². The summed E-state index contributed by atoms with van der Waals surface area (Å²) in [7, 11) is 0. The minimum absolute atomic E-state index is 0.197. The number of hydrogen-bond donors (Lipinski definition) is 1. The Bertz CT molecular complexity index is 579. The van der Waals surface area contributed by atoms with Gasteiger partial charge >= 0.3 is 0 Å². The Kier molecular flexibility index (Phi) is 7.43. The largest absolute Gasteiger partial charge is 0.491 e. The molecule has 0 radical (unpaired) electrons. The van der Waals surface area contributed by atoms with Gasteiger partial charge in [-0.15, -0.1) is 0 Å². The summed E-state index contributed by atoms with van der Waals surface area (Å²) in [5, 5.41) is 3.40. The zero-order valence-electron chi connectivity index (χ0n) is 14.7. The van der Waals surface area contributed by atoms with Crippen LogP contribution < -0.4 is 14.8 Å². The highest BCUT2D eigenvalue weighted by Gasteiger charge is 1.99. The average molecular weight is 329 g/mol. The average Bonchev–Trinajstić information content (AvgIpc) is 2.59. The van der Waals surface area contributed by atoms with Crippen LogP contribution in [0.4, 0.5) is 5.69 Å². The molecule has 2 rings (SSSR count). The van der Waals surface area contributed by atoms with Crippen molar-refractivity contribution in [2.45, 2.75) is 33.4 Å². The van der Waals surface area contributed by atoms with Crippen molar-refractivity contribution in [1.29, 1.82) is 0 Å². The van der Waals surface area contributed by atoms with E-state index in [-0.39, 0.29) is 6.10 Å². The molecular formula is C20H27NO3. The lowest BCUT2D eigenvalue weighted by atomic mass is 10.2. The van der Waals surface area contributed by atoms with Crippen molar-refractivity contribution in [1.82, 2.24) is 0 Å². The van der Waals surface area contributed by atoms with Crippen LogP contribution in [0.2, 0.25) is 0 Å². The van der Waals surface area contributed by atoms with Crippen LogP contribution in [0, 0.1) is 0 Å². The highest BCUT2D eigenvalue weighted by molar-refractivity contribution is 5.47. The van der Waals surface area contributed by atoms with E-state index >= 15 is 0 Å². The normalized spacial score (nSPS) is 10.7. The van der Waals surface area contributed by atoms with E-state index in [1.807, 2.05) is 57.2 Å². The van der Waals surface area contributed by atoms with Crippen LogP contribution in [0.3, 0.4) is 0 Å². The highest BCUT2D eigenvalue weighted by atomic mass is 16.5. The molecule has 0 aliphatic carbocycles. The fraction of sp³-hybridized carbons (Fsp3) is 0.400. The minimum atomic E-state index is 0.197. The van der Waals surface area contributed by atoms with Crippen molar-refractivity contribution >= 4 is 5.69 Å². The zero-order valence-corrected chi connectivity index (χ0v) is 14.7. The highest BCUT2D eigenvalue weighted by Crippen LogP contribution is 2.18. The second kappa shape index (κ2) is 9.83. The van der Waals surface area contributed by atoms with Gasteiger partial charge in [0.1, 0.15) is 18.1 Å². The molecule has 2 aromatic carbocycles. The molecule has 4 nitrogen and oxygen atoms in total. The van der Waals surface area contributed by atoms with Crippen molar-refractivity contribution < 1.29 is 14.2 Å². The monoisotopic (exact) mass is 329 g/mol. The standard InChI is InChI=1S/C20H27NO3/c1-4-22-13-14-23-19-11-7-18(8-12-19)21-15-17-5-9-20(10-6-17)24-16(2)3/h5-12,16,21H,4,13-15H2,1-3H3. The molecule has 0 saturated carbocycles. The first-order valence-electron chi connectivity index (χ1n) is 8.47. The summed E-state index contributed by atoms with van der Waals surface area (Å²) in [4.78, 5) is 0. The van der Waals surface area contributed by atoms with E-state index < -0.39 is 0 Å². The summed E-state index contributed by atoms with van der Waals surface area (Å²) in [6.45, 7) is 8.71. The third-order valence-electron chi connectivity index (χ3n) is 3.35. The van der Waals surface area contributed by atoms with Gasteiger partial charge in [-0.2, -0.15) is 0 Å². The van der Waals surface area contributed by atoms with Gasteiger partial charge in [0.05, 0.1) is 12.7 Å². The first-order valence-corrected chi connectivity index (χ1v) is 8.47. The molecule has 0 fully saturated rings. The number of anilines is 1.